The van der Waals surface area contributed by atoms with Crippen molar-refractivity contribution in [2.75, 3.05) is 7.11 Å². The smallest absolute Gasteiger partial charge is 0.416 e. The van der Waals surface area contributed by atoms with Gasteiger partial charge in [0.05, 0.1) is 30.0 Å². The van der Waals surface area contributed by atoms with E-state index in [0.717, 1.165) is 43.4 Å². The third kappa shape index (κ3) is 5.09. The fourth-order valence-electron chi connectivity index (χ4n) is 4.64. The second-order valence-electron chi connectivity index (χ2n) is 8.92. The Balaban J connectivity index is 1.65. The average molecular weight is 507 g/mol. The van der Waals surface area contributed by atoms with E-state index >= 15 is 0 Å². The van der Waals surface area contributed by atoms with Gasteiger partial charge in [-0.15, -0.1) is 0 Å². The molecule has 4 aromatic rings. The van der Waals surface area contributed by atoms with Crippen LogP contribution in [0.3, 0.4) is 0 Å². The number of hydrogen-bond acceptors (Lipinski definition) is 4. The van der Waals surface area contributed by atoms with E-state index in [4.69, 9.17) is 9.47 Å². The normalized spacial score (nSPS) is 14.5. The molecule has 190 valence electrons. The summed E-state index contributed by atoms with van der Waals surface area (Å²) >= 11 is 0. The van der Waals surface area contributed by atoms with Crippen LogP contribution in [-0.4, -0.2) is 22.6 Å². The molecule has 1 fully saturated rings. The van der Waals surface area contributed by atoms with Crippen LogP contribution in [-0.2, 0) is 6.18 Å². The third-order valence-corrected chi connectivity index (χ3v) is 6.48. The Labute approximate surface area is 211 Å². The van der Waals surface area contributed by atoms with Crippen molar-refractivity contribution in [3.63, 3.8) is 0 Å². The first kappa shape index (κ1) is 24.6. The van der Waals surface area contributed by atoms with Crippen molar-refractivity contribution in [1.82, 2.24) is 9.38 Å². The van der Waals surface area contributed by atoms with Gasteiger partial charge in [0, 0.05) is 11.8 Å². The number of fused-ring (bicyclic) bond motifs is 1. The van der Waals surface area contributed by atoms with Crippen LogP contribution in [0.4, 0.5) is 13.2 Å². The molecule has 2 aromatic heterocycles. The van der Waals surface area contributed by atoms with Crippen LogP contribution in [0.15, 0.2) is 71.7 Å². The molecule has 0 atom stereocenters. The molecule has 1 saturated carbocycles. The Morgan fingerprint density at radius 2 is 1.78 bits per heavy atom. The monoisotopic (exact) mass is 506 g/mol. The van der Waals surface area contributed by atoms with Gasteiger partial charge in [0.25, 0.3) is 5.56 Å². The highest BCUT2D eigenvalue weighted by atomic mass is 19.4. The van der Waals surface area contributed by atoms with Gasteiger partial charge in [0.2, 0.25) is 0 Å². The number of nitrogens with zero attached hydrogens (tertiary/aromatic N) is 2. The number of hydrogen-bond donors (Lipinski definition) is 0. The standard InChI is InChI=1S/C29H25F3N2O3/c1-36-24-13-7-8-19(27(24)37-22-11-2-3-12-22)15-16-23-26(20-9-6-10-21(18-20)29(30,31)32)28(35)34-17-5-4-14-25(34)33-23/h4-10,13-18,22H,2-3,11-12H2,1H3/b16-15+. The summed E-state index contributed by atoms with van der Waals surface area (Å²) in [5.74, 6) is 1.17. The fraction of sp³-hybridized carbons (Fsp3) is 0.241. The van der Waals surface area contributed by atoms with Gasteiger partial charge >= 0.3 is 6.18 Å². The number of methoxy groups -OCH3 is 1. The van der Waals surface area contributed by atoms with Gasteiger partial charge in [-0.2, -0.15) is 13.2 Å². The van der Waals surface area contributed by atoms with Crippen molar-refractivity contribution in [2.45, 2.75) is 38.0 Å². The van der Waals surface area contributed by atoms with Crippen molar-refractivity contribution < 1.29 is 22.6 Å². The molecule has 1 aliphatic rings. The van der Waals surface area contributed by atoms with Gasteiger partial charge in [-0.1, -0.05) is 30.3 Å². The minimum Gasteiger partial charge on any atom is -0.493 e. The average Bonchev–Trinajstić information content (AvgIpc) is 3.41. The summed E-state index contributed by atoms with van der Waals surface area (Å²) in [4.78, 5) is 18.1. The summed E-state index contributed by atoms with van der Waals surface area (Å²) in [6.07, 6.45) is 4.63. The highest BCUT2D eigenvalue weighted by molar-refractivity contribution is 5.81. The molecule has 0 amide bonds. The Hall–Kier alpha value is -4.07. The van der Waals surface area contributed by atoms with E-state index < -0.39 is 17.3 Å². The molecule has 0 saturated heterocycles. The van der Waals surface area contributed by atoms with Gasteiger partial charge in [0.15, 0.2) is 11.5 Å². The van der Waals surface area contributed by atoms with Crippen LogP contribution in [0.5, 0.6) is 11.5 Å². The first-order chi connectivity index (χ1) is 17.8. The van der Waals surface area contributed by atoms with Crippen molar-refractivity contribution in [3.05, 3.63) is 94.0 Å². The molecular formula is C29H25F3N2O3. The molecule has 37 heavy (non-hydrogen) atoms. The van der Waals surface area contributed by atoms with Crippen LogP contribution in [0.25, 0.3) is 28.9 Å². The van der Waals surface area contributed by atoms with E-state index in [2.05, 4.69) is 4.98 Å². The van der Waals surface area contributed by atoms with Crippen LogP contribution in [0.1, 0.15) is 42.5 Å². The molecular weight excluding hydrogens is 481 g/mol. The predicted molar refractivity (Wildman–Crippen MR) is 137 cm³/mol. The summed E-state index contributed by atoms with van der Waals surface area (Å²) in [5, 5.41) is 0. The Morgan fingerprint density at radius 3 is 2.54 bits per heavy atom. The first-order valence-corrected chi connectivity index (χ1v) is 12.1. The Morgan fingerprint density at radius 1 is 1.00 bits per heavy atom. The van der Waals surface area contributed by atoms with Crippen LogP contribution in [0, 0.1) is 0 Å². The SMILES string of the molecule is COc1cccc(/C=C/c2nc3ccccn3c(=O)c2-c2cccc(C(F)(F)F)c2)c1OC1CCCC1. The molecule has 8 heteroatoms. The van der Waals surface area contributed by atoms with Gasteiger partial charge in [0.1, 0.15) is 5.65 Å². The van der Waals surface area contributed by atoms with E-state index in [9.17, 15) is 18.0 Å². The highest BCUT2D eigenvalue weighted by Gasteiger charge is 2.31. The molecule has 1 aliphatic carbocycles. The third-order valence-electron chi connectivity index (χ3n) is 6.48. The minimum atomic E-state index is -4.54. The maximum absolute atomic E-state index is 13.5. The molecule has 0 bridgehead atoms. The summed E-state index contributed by atoms with van der Waals surface area (Å²) in [6.45, 7) is 0. The largest absolute Gasteiger partial charge is 0.493 e. The number of ether oxygens (including phenoxy) is 2. The molecule has 2 aromatic carbocycles. The zero-order valence-electron chi connectivity index (χ0n) is 20.2. The maximum Gasteiger partial charge on any atom is 0.416 e. The number of benzene rings is 2. The summed E-state index contributed by atoms with van der Waals surface area (Å²) in [7, 11) is 1.57. The fourth-order valence-corrected chi connectivity index (χ4v) is 4.64. The van der Waals surface area contributed by atoms with Crippen molar-refractivity contribution in [3.8, 4) is 22.6 Å². The predicted octanol–water partition coefficient (Wildman–Crippen LogP) is 6.88. The number of halogens is 3. The van der Waals surface area contributed by atoms with E-state index in [1.807, 2.05) is 18.2 Å². The van der Waals surface area contributed by atoms with E-state index in [0.29, 0.717) is 17.1 Å². The Bertz CT molecular complexity index is 1520. The van der Waals surface area contributed by atoms with Gasteiger partial charge in [-0.25, -0.2) is 4.98 Å². The van der Waals surface area contributed by atoms with Crippen LogP contribution >= 0.6 is 0 Å². The van der Waals surface area contributed by atoms with Gasteiger partial charge in [-0.3, -0.25) is 9.20 Å². The van der Waals surface area contributed by atoms with E-state index in [1.54, 1.807) is 43.7 Å². The maximum atomic E-state index is 13.5. The molecule has 2 heterocycles. The lowest BCUT2D eigenvalue weighted by atomic mass is 10.0. The Kier molecular flexibility index (Phi) is 6.74. The quantitative estimate of drug-likeness (QED) is 0.286. The lowest BCUT2D eigenvalue weighted by Crippen LogP contribution is -2.19. The number of para-hydroxylation sites is 1. The van der Waals surface area contributed by atoms with Crippen molar-refractivity contribution >= 4 is 17.8 Å². The molecule has 0 unspecified atom stereocenters. The van der Waals surface area contributed by atoms with Crippen molar-refractivity contribution in [2.24, 2.45) is 0 Å². The molecule has 0 N–H and O–H groups in total. The summed E-state index contributed by atoms with van der Waals surface area (Å²) in [6, 6.07) is 15.3. The molecule has 5 rings (SSSR count). The van der Waals surface area contributed by atoms with Crippen LogP contribution < -0.4 is 15.0 Å². The second kappa shape index (κ2) is 10.1. The van der Waals surface area contributed by atoms with Gasteiger partial charge in [-0.05, 0) is 73.7 Å². The number of alkyl halides is 3. The minimum absolute atomic E-state index is 0.0761. The number of rotatable bonds is 6. The molecule has 0 radical (unpaired) electrons. The number of aromatic nitrogens is 2. The van der Waals surface area contributed by atoms with Gasteiger partial charge < -0.3 is 9.47 Å². The molecule has 0 spiro atoms. The highest BCUT2D eigenvalue weighted by Crippen LogP contribution is 2.36. The number of pyridine rings is 1. The van der Waals surface area contributed by atoms with Crippen LogP contribution in [0.2, 0.25) is 0 Å². The molecule has 5 nitrogen and oxygen atoms in total. The summed E-state index contributed by atoms with van der Waals surface area (Å²) < 4.78 is 53.5. The van der Waals surface area contributed by atoms with E-state index in [-0.39, 0.29) is 22.9 Å². The lowest BCUT2D eigenvalue weighted by molar-refractivity contribution is -0.137. The zero-order chi connectivity index (χ0) is 26.0. The summed E-state index contributed by atoms with van der Waals surface area (Å²) in [5.41, 5.74) is 0.276. The lowest BCUT2D eigenvalue weighted by Gasteiger charge is -2.18. The molecule has 0 aliphatic heterocycles. The second-order valence-corrected chi connectivity index (χ2v) is 8.92. The topological polar surface area (TPSA) is 52.8 Å². The van der Waals surface area contributed by atoms with E-state index in [1.165, 1.54) is 16.5 Å². The van der Waals surface area contributed by atoms with Crippen molar-refractivity contribution in [1.29, 1.82) is 0 Å². The zero-order valence-corrected chi connectivity index (χ0v) is 20.2. The first-order valence-electron chi connectivity index (χ1n) is 12.1.